The van der Waals surface area contributed by atoms with Crippen molar-refractivity contribution in [3.8, 4) is 5.75 Å². The lowest BCUT2D eigenvalue weighted by Gasteiger charge is -2.34. The molecule has 0 spiro atoms. The fourth-order valence-corrected chi connectivity index (χ4v) is 4.82. The molecular formula is C25H34F2N4O5. The summed E-state index contributed by atoms with van der Waals surface area (Å²) in [5, 5.41) is 2.10. The molecule has 36 heavy (non-hydrogen) atoms. The van der Waals surface area contributed by atoms with Gasteiger partial charge in [-0.15, -0.1) is 5.06 Å². The molecule has 2 aromatic rings. The summed E-state index contributed by atoms with van der Waals surface area (Å²) in [4.78, 5) is 33.6. The Labute approximate surface area is 209 Å². The minimum absolute atomic E-state index is 0.102. The second kappa shape index (κ2) is 11.4. The largest absolute Gasteiger partial charge is 0.527 e. The third kappa shape index (κ3) is 6.07. The number of hydroxylamine groups is 2. The molecule has 0 N–H and O–H groups in total. The van der Waals surface area contributed by atoms with Gasteiger partial charge in [-0.05, 0) is 51.0 Å². The van der Waals surface area contributed by atoms with Gasteiger partial charge in [-0.25, -0.2) is 13.6 Å². The fourth-order valence-electron chi connectivity index (χ4n) is 4.82. The van der Waals surface area contributed by atoms with Crippen LogP contribution in [0.15, 0.2) is 24.3 Å². The van der Waals surface area contributed by atoms with Crippen LogP contribution in [0.1, 0.15) is 37.2 Å². The first kappa shape index (κ1) is 26.2. The molecule has 1 aromatic carbocycles. The molecule has 11 heteroatoms. The number of piperidine rings is 1. The molecule has 0 radical (unpaired) electrons. The maximum atomic E-state index is 13.5. The molecule has 2 aliphatic heterocycles. The van der Waals surface area contributed by atoms with E-state index in [1.165, 1.54) is 16.7 Å². The Morgan fingerprint density at radius 2 is 1.72 bits per heavy atom. The maximum Gasteiger partial charge on any atom is 0.527 e. The highest BCUT2D eigenvalue weighted by Crippen LogP contribution is 2.28. The molecule has 0 bridgehead atoms. The standard InChI is InChI=1S/C25H34F2N4O5/c1-17(2)28-8-6-19(7-9-28)35-20-4-5-21-18(14-20)15-22(31(21)16-23(26)27)24(32)29-10-12-30(13-11-29)36-25(33)34-3/h4-5,14-15,17,19,23H,6-13,16H2,1-3H3. The van der Waals surface area contributed by atoms with E-state index in [4.69, 9.17) is 9.57 Å². The molecule has 0 atom stereocenters. The van der Waals surface area contributed by atoms with E-state index >= 15 is 0 Å². The Hall–Kier alpha value is -2.92. The van der Waals surface area contributed by atoms with Crippen molar-refractivity contribution < 1.29 is 32.7 Å². The van der Waals surface area contributed by atoms with E-state index in [1.54, 1.807) is 23.1 Å². The van der Waals surface area contributed by atoms with Gasteiger partial charge in [0.15, 0.2) is 0 Å². The number of piperazine rings is 1. The normalized spacial score (nSPS) is 18.2. The SMILES string of the molecule is COC(=O)ON1CCN(C(=O)c2cc3cc(OC4CCN(C(C)C)CC4)ccc3n2CC(F)F)CC1. The number of halogens is 2. The number of alkyl halides is 2. The van der Waals surface area contributed by atoms with Crippen molar-refractivity contribution in [2.45, 2.75) is 51.8 Å². The molecule has 198 valence electrons. The van der Waals surface area contributed by atoms with E-state index in [0.717, 1.165) is 25.9 Å². The average molecular weight is 509 g/mol. The summed E-state index contributed by atoms with van der Waals surface area (Å²) in [6, 6.07) is 7.53. The van der Waals surface area contributed by atoms with Gasteiger partial charge in [0.05, 0.1) is 26.7 Å². The quantitative estimate of drug-likeness (QED) is 0.529. The molecule has 1 aromatic heterocycles. The smallest absolute Gasteiger partial charge is 0.490 e. The van der Waals surface area contributed by atoms with Crippen molar-refractivity contribution in [1.29, 1.82) is 0 Å². The number of hydrogen-bond donors (Lipinski definition) is 0. The molecule has 2 aliphatic rings. The van der Waals surface area contributed by atoms with Crippen LogP contribution in [0, 0.1) is 0 Å². The summed E-state index contributed by atoms with van der Waals surface area (Å²) in [6.07, 6.45) is -1.48. The van der Waals surface area contributed by atoms with E-state index in [0.29, 0.717) is 35.8 Å². The van der Waals surface area contributed by atoms with Crippen molar-refractivity contribution in [3.05, 3.63) is 30.0 Å². The molecule has 1 amide bonds. The third-order valence-electron chi connectivity index (χ3n) is 6.82. The summed E-state index contributed by atoms with van der Waals surface area (Å²) in [7, 11) is 1.22. The summed E-state index contributed by atoms with van der Waals surface area (Å²) < 4.78 is 39.0. The Balaban J connectivity index is 1.48. The maximum absolute atomic E-state index is 13.5. The van der Waals surface area contributed by atoms with E-state index < -0.39 is 19.1 Å². The van der Waals surface area contributed by atoms with Crippen LogP contribution < -0.4 is 4.74 Å². The Bertz CT molecular complexity index is 1060. The first-order chi connectivity index (χ1) is 17.2. The van der Waals surface area contributed by atoms with Crippen LogP contribution in [0.4, 0.5) is 13.6 Å². The van der Waals surface area contributed by atoms with E-state index in [9.17, 15) is 18.4 Å². The first-order valence-electron chi connectivity index (χ1n) is 12.4. The van der Waals surface area contributed by atoms with Crippen LogP contribution in [-0.4, -0.2) is 96.4 Å². The van der Waals surface area contributed by atoms with Gasteiger partial charge in [0.25, 0.3) is 12.3 Å². The zero-order valence-electron chi connectivity index (χ0n) is 21.0. The second-order valence-corrected chi connectivity index (χ2v) is 9.47. The van der Waals surface area contributed by atoms with Crippen molar-refractivity contribution in [1.82, 2.24) is 19.4 Å². The van der Waals surface area contributed by atoms with E-state index in [-0.39, 0.29) is 30.8 Å². The molecule has 2 fully saturated rings. The topological polar surface area (TPSA) is 76.5 Å². The van der Waals surface area contributed by atoms with Gasteiger partial charge in [0.1, 0.15) is 17.5 Å². The highest BCUT2D eigenvalue weighted by molar-refractivity contribution is 5.99. The Kier molecular flexibility index (Phi) is 8.30. The monoisotopic (exact) mass is 508 g/mol. The molecule has 2 saturated heterocycles. The van der Waals surface area contributed by atoms with Crippen LogP contribution in [0.2, 0.25) is 0 Å². The molecule has 3 heterocycles. The number of ether oxygens (including phenoxy) is 2. The molecule has 0 saturated carbocycles. The number of hydrogen-bond acceptors (Lipinski definition) is 7. The van der Waals surface area contributed by atoms with Gasteiger partial charge in [0, 0.05) is 43.1 Å². The number of nitrogens with zero attached hydrogens (tertiary/aromatic N) is 4. The van der Waals surface area contributed by atoms with Crippen LogP contribution in [0.5, 0.6) is 5.75 Å². The van der Waals surface area contributed by atoms with Gasteiger partial charge < -0.3 is 28.7 Å². The second-order valence-electron chi connectivity index (χ2n) is 9.47. The number of carbonyl (C=O) groups is 2. The lowest BCUT2D eigenvalue weighted by atomic mass is 10.1. The first-order valence-corrected chi connectivity index (χ1v) is 12.4. The highest BCUT2D eigenvalue weighted by Gasteiger charge is 2.28. The van der Waals surface area contributed by atoms with Crippen LogP contribution in [0.3, 0.4) is 0 Å². The molecular weight excluding hydrogens is 474 g/mol. The highest BCUT2D eigenvalue weighted by atomic mass is 19.3. The average Bonchev–Trinajstić information content (AvgIpc) is 3.21. The predicted octanol–water partition coefficient (Wildman–Crippen LogP) is 3.61. The van der Waals surface area contributed by atoms with Gasteiger partial charge in [-0.1, -0.05) is 0 Å². The summed E-state index contributed by atoms with van der Waals surface area (Å²) >= 11 is 0. The lowest BCUT2D eigenvalue weighted by Crippen LogP contribution is -2.49. The van der Waals surface area contributed by atoms with Gasteiger partial charge in [0.2, 0.25) is 0 Å². The number of carbonyl (C=O) groups excluding carboxylic acids is 2. The van der Waals surface area contributed by atoms with E-state index in [1.807, 2.05) is 6.07 Å². The van der Waals surface area contributed by atoms with Gasteiger partial charge >= 0.3 is 6.16 Å². The number of rotatable bonds is 7. The predicted molar refractivity (Wildman–Crippen MR) is 129 cm³/mol. The summed E-state index contributed by atoms with van der Waals surface area (Å²) in [5.74, 6) is 0.334. The lowest BCUT2D eigenvalue weighted by molar-refractivity contribution is -0.139. The van der Waals surface area contributed by atoms with Gasteiger partial charge in [-0.3, -0.25) is 4.79 Å². The number of methoxy groups -OCH3 is 1. The Morgan fingerprint density at radius 3 is 2.33 bits per heavy atom. The molecule has 0 unspecified atom stereocenters. The van der Waals surface area contributed by atoms with Crippen LogP contribution in [-0.2, 0) is 16.1 Å². The number of fused-ring (bicyclic) bond motifs is 1. The number of amides is 1. The minimum Gasteiger partial charge on any atom is -0.490 e. The number of benzene rings is 1. The fraction of sp³-hybridized carbons (Fsp3) is 0.600. The zero-order valence-corrected chi connectivity index (χ0v) is 21.0. The Morgan fingerprint density at radius 1 is 1.03 bits per heavy atom. The minimum atomic E-state index is -2.61. The summed E-state index contributed by atoms with van der Waals surface area (Å²) in [5.41, 5.74) is 0.767. The van der Waals surface area contributed by atoms with Gasteiger partial charge in [-0.2, -0.15) is 0 Å². The van der Waals surface area contributed by atoms with Crippen molar-refractivity contribution in [2.24, 2.45) is 0 Å². The van der Waals surface area contributed by atoms with Crippen LogP contribution in [0.25, 0.3) is 10.9 Å². The van der Waals surface area contributed by atoms with Crippen molar-refractivity contribution in [2.75, 3.05) is 46.4 Å². The summed E-state index contributed by atoms with van der Waals surface area (Å²) in [6.45, 7) is 6.92. The third-order valence-corrected chi connectivity index (χ3v) is 6.82. The molecule has 0 aliphatic carbocycles. The molecule has 4 rings (SSSR count). The number of likely N-dealkylation sites (tertiary alicyclic amines) is 1. The van der Waals surface area contributed by atoms with Crippen LogP contribution >= 0.6 is 0 Å². The van der Waals surface area contributed by atoms with Crippen molar-refractivity contribution >= 4 is 23.0 Å². The number of aromatic nitrogens is 1. The van der Waals surface area contributed by atoms with E-state index in [2.05, 4.69) is 23.5 Å². The molecule has 9 nitrogen and oxygen atoms in total. The van der Waals surface area contributed by atoms with Crippen molar-refractivity contribution in [3.63, 3.8) is 0 Å². The zero-order chi connectivity index (χ0) is 25.8.